The lowest BCUT2D eigenvalue weighted by atomic mass is 10.1. The van der Waals surface area contributed by atoms with Crippen LogP contribution in [0.25, 0.3) is 10.9 Å². The summed E-state index contributed by atoms with van der Waals surface area (Å²) in [5.41, 5.74) is 6.70. The van der Waals surface area contributed by atoms with Crippen LogP contribution < -0.4 is 16.6 Å². The number of carbonyl (C=O) groups excluding carboxylic acids is 1. The maximum Gasteiger partial charge on any atom is 0.256 e. The van der Waals surface area contributed by atoms with Crippen LogP contribution in [0, 0.1) is 5.92 Å². The van der Waals surface area contributed by atoms with Crippen molar-refractivity contribution in [1.82, 2.24) is 9.88 Å². The van der Waals surface area contributed by atoms with E-state index in [2.05, 4.69) is 5.32 Å². The van der Waals surface area contributed by atoms with Crippen LogP contribution in [0.5, 0.6) is 0 Å². The fourth-order valence-corrected chi connectivity index (χ4v) is 2.21. The molecule has 0 aliphatic carbocycles. The molecule has 0 aliphatic rings. The number of benzene rings is 1. The Morgan fingerprint density at radius 3 is 2.71 bits per heavy atom. The predicted molar refractivity (Wildman–Crippen MR) is 83.9 cm³/mol. The average molecular weight is 287 g/mol. The van der Waals surface area contributed by atoms with Gasteiger partial charge in [-0.25, -0.2) is 0 Å². The van der Waals surface area contributed by atoms with Crippen LogP contribution in [0.1, 0.15) is 19.4 Å². The molecule has 21 heavy (non-hydrogen) atoms. The normalized spacial score (nSPS) is 11.0. The highest BCUT2D eigenvalue weighted by Gasteiger charge is 2.11. The van der Waals surface area contributed by atoms with Crippen molar-refractivity contribution in [3.8, 4) is 0 Å². The highest BCUT2D eigenvalue weighted by atomic mass is 16.2. The van der Waals surface area contributed by atoms with Gasteiger partial charge in [0, 0.05) is 18.7 Å². The van der Waals surface area contributed by atoms with Crippen LogP contribution in [0.2, 0.25) is 0 Å². The maximum atomic E-state index is 12.4. The van der Waals surface area contributed by atoms with Crippen LogP contribution in [0.4, 0.5) is 0 Å². The van der Waals surface area contributed by atoms with Crippen molar-refractivity contribution >= 4 is 16.8 Å². The van der Waals surface area contributed by atoms with Crippen molar-refractivity contribution in [3.63, 3.8) is 0 Å². The Morgan fingerprint density at radius 1 is 1.33 bits per heavy atom. The number of pyridine rings is 1. The zero-order valence-electron chi connectivity index (χ0n) is 12.4. The number of nitrogens with zero attached hydrogens (tertiary/aromatic N) is 1. The summed E-state index contributed by atoms with van der Waals surface area (Å²) in [6, 6.07) is 9.30. The molecule has 0 saturated carbocycles. The van der Waals surface area contributed by atoms with Crippen molar-refractivity contribution in [2.75, 3.05) is 6.54 Å². The molecule has 1 amide bonds. The quantitative estimate of drug-likeness (QED) is 0.868. The standard InChI is InChI=1S/C16H21N3O2/c1-11(2)9-18-15(20)10-19-14-6-4-3-5-12(14)7-13(8-17)16(19)21/h3-7,11H,8-10,17H2,1-2H3,(H,18,20). The summed E-state index contributed by atoms with van der Waals surface area (Å²) in [7, 11) is 0. The largest absolute Gasteiger partial charge is 0.354 e. The lowest BCUT2D eigenvalue weighted by molar-refractivity contribution is -0.121. The van der Waals surface area contributed by atoms with Crippen molar-refractivity contribution in [3.05, 3.63) is 46.2 Å². The molecule has 0 fully saturated rings. The molecule has 1 aromatic heterocycles. The van der Waals surface area contributed by atoms with Gasteiger partial charge in [0.2, 0.25) is 5.91 Å². The van der Waals surface area contributed by atoms with E-state index in [1.807, 2.05) is 38.1 Å². The van der Waals surface area contributed by atoms with Crippen molar-refractivity contribution < 1.29 is 4.79 Å². The minimum atomic E-state index is -0.198. The summed E-state index contributed by atoms with van der Waals surface area (Å²) in [6.45, 7) is 4.83. The Hall–Kier alpha value is -2.14. The van der Waals surface area contributed by atoms with Crippen LogP contribution >= 0.6 is 0 Å². The second-order valence-corrected chi connectivity index (χ2v) is 5.52. The van der Waals surface area contributed by atoms with Crippen molar-refractivity contribution in [2.45, 2.75) is 26.9 Å². The molecule has 0 aliphatic heterocycles. The fourth-order valence-electron chi connectivity index (χ4n) is 2.21. The molecule has 1 heterocycles. The van der Waals surface area contributed by atoms with Gasteiger partial charge >= 0.3 is 0 Å². The van der Waals surface area contributed by atoms with Gasteiger partial charge in [0.25, 0.3) is 5.56 Å². The number of nitrogens with two attached hydrogens (primary N) is 1. The molecule has 0 radical (unpaired) electrons. The maximum absolute atomic E-state index is 12.4. The zero-order valence-corrected chi connectivity index (χ0v) is 12.4. The van der Waals surface area contributed by atoms with Gasteiger partial charge in [0.1, 0.15) is 6.54 Å². The number of nitrogens with one attached hydrogen (secondary N) is 1. The summed E-state index contributed by atoms with van der Waals surface area (Å²) < 4.78 is 1.49. The Labute approximate surface area is 123 Å². The summed E-state index contributed by atoms with van der Waals surface area (Å²) in [5.74, 6) is 0.211. The molecular weight excluding hydrogens is 266 g/mol. The highest BCUT2D eigenvalue weighted by Crippen LogP contribution is 2.13. The minimum absolute atomic E-state index is 0.0138. The van der Waals surface area contributed by atoms with E-state index in [1.54, 1.807) is 6.07 Å². The minimum Gasteiger partial charge on any atom is -0.354 e. The molecule has 2 aromatic rings. The van der Waals surface area contributed by atoms with Gasteiger partial charge in [0.15, 0.2) is 0 Å². The number of rotatable bonds is 5. The third kappa shape index (κ3) is 3.49. The fraction of sp³-hybridized carbons (Fsp3) is 0.375. The second-order valence-electron chi connectivity index (χ2n) is 5.52. The van der Waals surface area contributed by atoms with E-state index in [1.165, 1.54) is 4.57 Å². The van der Waals surface area contributed by atoms with Gasteiger partial charge in [-0.1, -0.05) is 32.0 Å². The van der Waals surface area contributed by atoms with Gasteiger partial charge in [-0.15, -0.1) is 0 Å². The topological polar surface area (TPSA) is 77.1 Å². The van der Waals surface area contributed by atoms with Gasteiger partial charge in [-0.2, -0.15) is 0 Å². The van der Waals surface area contributed by atoms with Gasteiger partial charge in [0.05, 0.1) is 5.52 Å². The van der Waals surface area contributed by atoms with E-state index in [0.29, 0.717) is 18.0 Å². The molecule has 0 unspecified atom stereocenters. The Kier molecular flexibility index (Phi) is 4.75. The number of fused-ring (bicyclic) bond motifs is 1. The molecule has 0 spiro atoms. The monoisotopic (exact) mass is 287 g/mol. The first-order valence-corrected chi connectivity index (χ1v) is 7.11. The average Bonchev–Trinajstić information content (AvgIpc) is 2.47. The van der Waals surface area contributed by atoms with Gasteiger partial charge in [-0.05, 0) is 23.4 Å². The van der Waals surface area contributed by atoms with Crippen molar-refractivity contribution in [2.24, 2.45) is 11.7 Å². The first-order chi connectivity index (χ1) is 10.0. The van der Waals surface area contributed by atoms with Gasteiger partial charge < -0.3 is 11.1 Å². The zero-order chi connectivity index (χ0) is 15.4. The first-order valence-electron chi connectivity index (χ1n) is 7.11. The molecule has 3 N–H and O–H groups in total. The van der Waals surface area contributed by atoms with E-state index >= 15 is 0 Å². The molecular formula is C16H21N3O2. The van der Waals surface area contributed by atoms with Crippen LogP contribution in [0.3, 0.4) is 0 Å². The van der Waals surface area contributed by atoms with Crippen LogP contribution in [0.15, 0.2) is 35.1 Å². The summed E-state index contributed by atoms with van der Waals surface area (Å²) in [6.07, 6.45) is 0. The number of aromatic nitrogens is 1. The Balaban J connectivity index is 2.39. The Bertz CT molecular complexity index is 704. The molecule has 5 heteroatoms. The van der Waals surface area contributed by atoms with E-state index in [4.69, 9.17) is 5.73 Å². The molecule has 2 rings (SSSR count). The number of para-hydroxylation sites is 1. The lowest BCUT2D eigenvalue weighted by Crippen LogP contribution is -2.35. The van der Waals surface area contributed by atoms with Gasteiger partial charge in [-0.3, -0.25) is 14.2 Å². The number of amides is 1. The molecule has 1 aromatic carbocycles. The molecule has 5 nitrogen and oxygen atoms in total. The number of hydrogen-bond donors (Lipinski definition) is 2. The van der Waals surface area contributed by atoms with E-state index in [-0.39, 0.29) is 24.6 Å². The molecule has 112 valence electrons. The van der Waals surface area contributed by atoms with Crippen LogP contribution in [-0.4, -0.2) is 17.0 Å². The van der Waals surface area contributed by atoms with Crippen LogP contribution in [-0.2, 0) is 17.9 Å². The van der Waals surface area contributed by atoms with E-state index in [0.717, 1.165) is 10.9 Å². The third-order valence-corrected chi connectivity index (χ3v) is 3.31. The van der Waals surface area contributed by atoms with Crippen molar-refractivity contribution in [1.29, 1.82) is 0 Å². The lowest BCUT2D eigenvalue weighted by Gasteiger charge is -2.13. The number of hydrogen-bond acceptors (Lipinski definition) is 3. The molecule has 0 atom stereocenters. The molecule has 0 bridgehead atoms. The Morgan fingerprint density at radius 2 is 2.05 bits per heavy atom. The third-order valence-electron chi connectivity index (χ3n) is 3.31. The van der Waals surface area contributed by atoms with E-state index in [9.17, 15) is 9.59 Å². The first kappa shape index (κ1) is 15.3. The summed E-state index contributed by atoms with van der Waals surface area (Å²) in [4.78, 5) is 24.4. The summed E-state index contributed by atoms with van der Waals surface area (Å²) in [5, 5.41) is 3.74. The summed E-state index contributed by atoms with van der Waals surface area (Å²) >= 11 is 0. The SMILES string of the molecule is CC(C)CNC(=O)Cn1c(=O)c(CN)cc2ccccc21. The molecule has 0 saturated heterocycles. The van der Waals surface area contributed by atoms with E-state index < -0.39 is 0 Å². The highest BCUT2D eigenvalue weighted by molar-refractivity contribution is 5.82. The number of carbonyl (C=O) groups is 1. The smallest absolute Gasteiger partial charge is 0.256 e. The second kappa shape index (κ2) is 6.54. The predicted octanol–water partition coefficient (Wildman–Crippen LogP) is 1.23.